The van der Waals surface area contributed by atoms with Crippen molar-refractivity contribution in [3.8, 4) is 5.75 Å². The molecule has 1 aliphatic heterocycles. The Kier molecular flexibility index (Phi) is 9.96. The molecule has 0 aliphatic carbocycles. The minimum atomic E-state index is -0.224. The number of piperidine rings is 1. The molecule has 23 heavy (non-hydrogen) atoms. The fourth-order valence-corrected chi connectivity index (χ4v) is 3.24. The van der Waals surface area contributed by atoms with Gasteiger partial charge in [0.2, 0.25) is 0 Å². The first kappa shape index (κ1) is 20.6. The SMILES string of the molecule is CCCCCN1CCC(CCOc2cccc(Cl)c2)C(O)C1.Cl. The van der Waals surface area contributed by atoms with Crippen molar-refractivity contribution in [2.24, 2.45) is 5.92 Å². The predicted molar refractivity (Wildman–Crippen MR) is 98.9 cm³/mol. The van der Waals surface area contributed by atoms with Gasteiger partial charge in [0.05, 0.1) is 12.7 Å². The minimum Gasteiger partial charge on any atom is -0.494 e. The van der Waals surface area contributed by atoms with Crippen LogP contribution in [0.2, 0.25) is 5.02 Å². The first-order chi connectivity index (χ1) is 10.7. The van der Waals surface area contributed by atoms with Gasteiger partial charge < -0.3 is 14.7 Å². The van der Waals surface area contributed by atoms with Gasteiger partial charge in [0, 0.05) is 11.6 Å². The second-order valence-electron chi connectivity index (χ2n) is 6.22. The fraction of sp³-hybridized carbons (Fsp3) is 0.667. The number of rotatable bonds is 8. The van der Waals surface area contributed by atoms with Crippen LogP contribution in [0.5, 0.6) is 5.75 Å². The van der Waals surface area contributed by atoms with Gasteiger partial charge in [-0.2, -0.15) is 0 Å². The van der Waals surface area contributed by atoms with Crippen molar-refractivity contribution < 1.29 is 9.84 Å². The number of aliphatic hydroxyl groups excluding tert-OH is 1. The smallest absolute Gasteiger partial charge is 0.120 e. The Morgan fingerprint density at radius 1 is 1.35 bits per heavy atom. The molecule has 1 aromatic carbocycles. The zero-order valence-electron chi connectivity index (χ0n) is 13.9. The molecule has 0 aromatic heterocycles. The molecular weight excluding hydrogens is 333 g/mol. The van der Waals surface area contributed by atoms with Crippen molar-refractivity contribution in [3.05, 3.63) is 29.3 Å². The largest absolute Gasteiger partial charge is 0.494 e. The van der Waals surface area contributed by atoms with E-state index in [1.165, 1.54) is 19.3 Å². The molecule has 0 radical (unpaired) electrons. The molecule has 1 aromatic rings. The van der Waals surface area contributed by atoms with E-state index in [0.29, 0.717) is 17.5 Å². The van der Waals surface area contributed by atoms with E-state index < -0.39 is 0 Å². The number of halogens is 2. The first-order valence-electron chi connectivity index (χ1n) is 8.48. The van der Waals surface area contributed by atoms with E-state index in [0.717, 1.165) is 38.2 Å². The summed E-state index contributed by atoms with van der Waals surface area (Å²) in [6.07, 6.45) is 5.51. The predicted octanol–water partition coefficient (Wildman–Crippen LogP) is 4.40. The highest BCUT2D eigenvalue weighted by Gasteiger charge is 2.27. The Hall–Kier alpha value is -0.480. The van der Waals surface area contributed by atoms with Crippen LogP contribution in [0.15, 0.2) is 24.3 Å². The van der Waals surface area contributed by atoms with Gasteiger partial charge >= 0.3 is 0 Å². The molecular formula is C18H29Cl2NO2. The molecule has 2 unspecified atom stereocenters. The quantitative estimate of drug-likeness (QED) is 0.696. The summed E-state index contributed by atoms with van der Waals surface area (Å²) < 4.78 is 5.74. The summed E-state index contributed by atoms with van der Waals surface area (Å²) in [6.45, 7) is 5.89. The second-order valence-corrected chi connectivity index (χ2v) is 6.65. The highest BCUT2D eigenvalue weighted by molar-refractivity contribution is 6.30. The van der Waals surface area contributed by atoms with Crippen LogP contribution in [0.1, 0.15) is 39.0 Å². The lowest BCUT2D eigenvalue weighted by Gasteiger charge is -2.36. The first-order valence-corrected chi connectivity index (χ1v) is 8.85. The van der Waals surface area contributed by atoms with E-state index >= 15 is 0 Å². The topological polar surface area (TPSA) is 32.7 Å². The standard InChI is InChI=1S/C18H28ClNO2.ClH/c1-2-3-4-10-20-11-8-15(18(21)14-20)9-12-22-17-7-5-6-16(19)13-17;/h5-7,13,15,18,21H,2-4,8-12,14H2,1H3;1H. The van der Waals surface area contributed by atoms with Crippen molar-refractivity contribution in [3.63, 3.8) is 0 Å². The van der Waals surface area contributed by atoms with Crippen molar-refractivity contribution in [1.29, 1.82) is 0 Å². The summed E-state index contributed by atoms with van der Waals surface area (Å²) in [6, 6.07) is 7.47. The lowest BCUT2D eigenvalue weighted by Crippen LogP contribution is -2.44. The third-order valence-electron chi connectivity index (χ3n) is 4.44. The van der Waals surface area contributed by atoms with Gasteiger partial charge in [-0.05, 0) is 56.5 Å². The molecule has 0 spiro atoms. The maximum absolute atomic E-state index is 10.3. The van der Waals surface area contributed by atoms with Gasteiger partial charge in [-0.25, -0.2) is 0 Å². The van der Waals surface area contributed by atoms with Crippen molar-refractivity contribution >= 4 is 24.0 Å². The zero-order valence-corrected chi connectivity index (χ0v) is 15.5. The minimum absolute atomic E-state index is 0. The fourth-order valence-electron chi connectivity index (χ4n) is 3.06. The summed E-state index contributed by atoms with van der Waals surface area (Å²) in [5.41, 5.74) is 0. The summed E-state index contributed by atoms with van der Waals surface area (Å²) in [7, 11) is 0. The molecule has 1 N–H and O–H groups in total. The van der Waals surface area contributed by atoms with Crippen molar-refractivity contribution in [2.75, 3.05) is 26.2 Å². The Bertz CT molecular complexity index is 445. The van der Waals surface area contributed by atoms with Crippen LogP contribution in [-0.4, -0.2) is 42.4 Å². The Balaban J connectivity index is 0.00000264. The average Bonchev–Trinajstić information content (AvgIpc) is 2.50. The number of ether oxygens (including phenoxy) is 1. The summed E-state index contributed by atoms with van der Waals surface area (Å²) >= 11 is 5.94. The van der Waals surface area contributed by atoms with Crippen molar-refractivity contribution in [2.45, 2.75) is 45.1 Å². The lowest BCUT2D eigenvalue weighted by atomic mass is 9.91. The third-order valence-corrected chi connectivity index (χ3v) is 4.67. The van der Waals surface area contributed by atoms with Crippen LogP contribution in [0.4, 0.5) is 0 Å². The molecule has 0 bridgehead atoms. The number of β-amino-alcohol motifs (C(OH)–C–C–N with tert-alkyl or cyclic N) is 1. The molecule has 3 nitrogen and oxygen atoms in total. The van der Waals surface area contributed by atoms with E-state index in [2.05, 4.69) is 11.8 Å². The van der Waals surface area contributed by atoms with Crippen LogP contribution in [-0.2, 0) is 0 Å². The molecule has 1 heterocycles. The summed E-state index contributed by atoms with van der Waals surface area (Å²) in [4.78, 5) is 2.40. The summed E-state index contributed by atoms with van der Waals surface area (Å²) in [5.74, 6) is 1.15. The van der Waals surface area contributed by atoms with E-state index in [9.17, 15) is 5.11 Å². The van der Waals surface area contributed by atoms with E-state index in [-0.39, 0.29) is 18.5 Å². The molecule has 0 saturated carbocycles. The molecule has 1 fully saturated rings. The van der Waals surface area contributed by atoms with E-state index in [1.54, 1.807) is 0 Å². The van der Waals surface area contributed by atoms with Crippen LogP contribution in [0, 0.1) is 5.92 Å². The monoisotopic (exact) mass is 361 g/mol. The summed E-state index contributed by atoms with van der Waals surface area (Å²) in [5, 5.41) is 11.0. The molecule has 0 amide bonds. The van der Waals surface area contributed by atoms with Crippen molar-refractivity contribution in [1.82, 2.24) is 4.90 Å². The molecule has 2 atom stereocenters. The zero-order chi connectivity index (χ0) is 15.8. The average molecular weight is 362 g/mol. The number of benzene rings is 1. The number of nitrogens with zero attached hydrogens (tertiary/aromatic N) is 1. The van der Waals surface area contributed by atoms with Gasteiger partial charge in [-0.15, -0.1) is 12.4 Å². The number of aliphatic hydroxyl groups is 1. The van der Waals surface area contributed by atoms with Crippen LogP contribution < -0.4 is 4.74 Å². The van der Waals surface area contributed by atoms with Gasteiger partial charge in [0.25, 0.3) is 0 Å². The molecule has 1 aliphatic rings. The van der Waals surface area contributed by atoms with Gasteiger partial charge in [-0.3, -0.25) is 0 Å². The highest BCUT2D eigenvalue weighted by atomic mass is 35.5. The highest BCUT2D eigenvalue weighted by Crippen LogP contribution is 2.23. The number of likely N-dealkylation sites (tertiary alicyclic amines) is 1. The van der Waals surface area contributed by atoms with Gasteiger partial charge in [-0.1, -0.05) is 37.4 Å². The Labute approximate surface area is 151 Å². The van der Waals surface area contributed by atoms with Gasteiger partial charge in [0.15, 0.2) is 0 Å². The van der Waals surface area contributed by atoms with Crippen LogP contribution in [0.25, 0.3) is 0 Å². The van der Waals surface area contributed by atoms with Crippen LogP contribution >= 0.6 is 24.0 Å². The lowest BCUT2D eigenvalue weighted by molar-refractivity contribution is 0.0129. The Morgan fingerprint density at radius 2 is 2.17 bits per heavy atom. The molecule has 2 rings (SSSR count). The van der Waals surface area contributed by atoms with Crippen LogP contribution in [0.3, 0.4) is 0 Å². The van der Waals surface area contributed by atoms with E-state index in [1.807, 2.05) is 24.3 Å². The maximum Gasteiger partial charge on any atom is 0.120 e. The normalized spacial score (nSPS) is 21.7. The number of unbranched alkanes of at least 4 members (excludes halogenated alkanes) is 2. The molecule has 1 saturated heterocycles. The number of hydrogen-bond donors (Lipinski definition) is 1. The third kappa shape index (κ3) is 7.30. The van der Waals surface area contributed by atoms with Gasteiger partial charge in [0.1, 0.15) is 5.75 Å². The molecule has 132 valence electrons. The second kappa shape index (κ2) is 11.1. The van der Waals surface area contributed by atoms with E-state index in [4.69, 9.17) is 16.3 Å². The number of hydrogen-bond acceptors (Lipinski definition) is 3. The maximum atomic E-state index is 10.3. The Morgan fingerprint density at radius 3 is 2.87 bits per heavy atom. The molecule has 5 heteroatoms.